The molecule has 0 fully saturated rings. The van der Waals surface area contributed by atoms with Crippen molar-refractivity contribution in [2.75, 3.05) is 0 Å². The number of fused-ring (bicyclic) bond motifs is 1. The number of nitrogens with zero attached hydrogens (tertiary/aromatic N) is 4. The second-order valence-corrected chi connectivity index (χ2v) is 5.37. The van der Waals surface area contributed by atoms with E-state index in [4.69, 9.17) is 11.6 Å². The van der Waals surface area contributed by atoms with Crippen LogP contribution in [0.2, 0.25) is 5.02 Å². The first kappa shape index (κ1) is 11.6. The first-order valence-electron chi connectivity index (χ1n) is 5.23. The fraction of sp³-hybridized carbons (Fsp3) is 0.182. The lowest BCUT2D eigenvalue weighted by atomic mass is 10.2. The van der Waals surface area contributed by atoms with Gasteiger partial charge in [0.2, 0.25) is 0 Å². The van der Waals surface area contributed by atoms with E-state index in [2.05, 4.69) is 15.3 Å². The molecule has 3 aromatic heterocycles. The van der Waals surface area contributed by atoms with Gasteiger partial charge < -0.3 is 5.11 Å². The van der Waals surface area contributed by atoms with E-state index in [9.17, 15) is 5.11 Å². The summed E-state index contributed by atoms with van der Waals surface area (Å²) in [7, 11) is 1.76. The summed E-state index contributed by atoms with van der Waals surface area (Å²) in [5, 5.41) is 18.6. The van der Waals surface area contributed by atoms with Gasteiger partial charge in [-0.2, -0.15) is 0 Å². The molecule has 3 rings (SSSR count). The van der Waals surface area contributed by atoms with Crippen LogP contribution in [-0.4, -0.2) is 25.1 Å². The van der Waals surface area contributed by atoms with Gasteiger partial charge in [0.1, 0.15) is 11.8 Å². The van der Waals surface area contributed by atoms with Gasteiger partial charge >= 0.3 is 0 Å². The Labute approximate surface area is 112 Å². The topological polar surface area (TPSA) is 63.8 Å². The van der Waals surface area contributed by atoms with Gasteiger partial charge in [-0.1, -0.05) is 16.8 Å². The molecular weight excluding hydrogens is 272 g/mol. The first-order chi connectivity index (χ1) is 8.65. The molecule has 7 heteroatoms. The lowest BCUT2D eigenvalue weighted by Gasteiger charge is -2.02. The number of aryl methyl sites for hydroxylation is 1. The Morgan fingerprint density at radius 2 is 2.33 bits per heavy atom. The molecule has 18 heavy (non-hydrogen) atoms. The molecule has 3 heterocycles. The van der Waals surface area contributed by atoms with Crippen LogP contribution in [-0.2, 0) is 7.05 Å². The Kier molecular flexibility index (Phi) is 2.77. The van der Waals surface area contributed by atoms with Crippen molar-refractivity contribution < 1.29 is 5.11 Å². The summed E-state index contributed by atoms with van der Waals surface area (Å²) in [6, 6.07) is 3.56. The Balaban J connectivity index is 2.06. The number of thiophene rings is 1. The molecule has 0 radical (unpaired) electrons. The summed E-state index contributed by atoms with van der Waals surface area (Å²) >= 11 is 7.50. The number of hydrogen-bond acceptors (Lipinski definition) is 5. The second kappa shape index (κ2) is 4.31. The fourth-order valence-electron chi connectivity index (χ4n) is 1.70. The summed E-state index contributed by atoms with van der Waals surface area (Å²) in [5.41, 5.74) is 1.30. The first-order valence-corrected chi connectivity index (χ1v) is 6.43. The zero-order valence-corrected chi connectivity index (χ0v) is 11.0. The molecule has 0 aliphatic heterocycles. The number of hydrogen-bond donors (Lipinski definition) is 1. The maximum atomic E-state index is 10.2. The largest absolute Gasteiger partial charge is 0.381 e. The van der Waals surface area contributed by atoms with Gasteiger partial charge in [0, 0.05) is 18.1 Å². The second-order valence-electron chi connectivity index (χ2n) is 3.88. The molecule has 0 bridgehead atoms. The van der Waals surface area contributed by atoms with Crippen molar-refractivity contribution in [2.24, 2.45) is 7.05 Å². The van der Waals surface area contributed by atoms with E-state index in [-0.39, 0.29) is 0 Å². The van der Waals surface area contributed by atoms with Crippen LogP contribution in [0.25, 0.3) is 10.2 Å². The van der Waals surface area contributed by atoms with Crippen molar-refractivity contribution in [1.29, 1.82) is 0 Å². The minimum Gasteiger partial charge on any atom is -0.381 e. The Hall–Kier alpha value is -1.50. The monoisotopic (exact) mass is 280 g/mol. The van der Waals surface area contributed by atoms with Gasteiger partial charge in [-0.3, -0.25) is 9.67 Å². The van der Waals surface area contributed by atoms with Crippen LogP contribution in [0.4, 0.5) is 0 Å². The third-order valence-electron chi connectivity index (χ3n) is 2.55. The SMILES string of the molecule is Cn1cc(C(O)c2cc3nccc(Cl)c3s2)nn1. The number of halogens is 1. The summed E-state index contributed by atoms with van der Waals surface area (Å²) in [6.07, 6.45) is 2.54. The predicted molar refractivity (Wildman–Crippen MR) is 69.7 cm³/mol. The summed E-state index contributed by atoms with van der Waals surface area (Å²) < 4.78 is 2.43. The normalized spacial score (nSPS) is 13.1. The third-order valence-corrected chi connectivity index (χ3v) is 4.19. The van der Waals surface area contributed by atoms with Crippen LogP contribution in [0.1, 0.15) is 16.7 Å². The van der Waals surface area contributed by atoms with Crippen molar-refractivity contribution in [3.63, 3.8) is 0 Å². The molecule has 3 aromatic rings. The highest BCUT2D eigenvalue weighted by Gasteiger charge is 2.18. The van der Waals surface area contributed by atoms with E-state index in [0.717, 1.165) is 15.1 Å². The minimum absolute atomic E-state index is 0.514. The molecular formula is C11H9ClN4OS. The molecule has 1 N–H and O–H groups in total. The maximum absolute atomic E-state index is 10.2. The van der Waals surface area contributed by atoms with Gasteiger partial charge in [0.25, 0.3) is 0 Å². The highest BCUT2D eigenvalue weighted by atomic mass is 35.5. The highest BCUT2D eigenvalue weighted by molar-refractivity contribution is 7.19. The van der Waals surface area contributed by atoms with Crippen LogP contribution in [0.3, 0.4) is 0 Å². The predicted octanol–water partition coefficient (Wildman–Crippen LogP) is 2.16. The van der Waals surface area contributed by atoms with Crippen LogP contribution >= 0.6 is 22.9 Å². The van der Waals surface area contributed by atoms with Gasteiger partial charge in [0.05, 0.1) is 21.4 Å². The number of aliphatic hydroxyl groups excluding tert-OH is 1. The quantitative estimate of drug-likeness (QED) is 0.781. The molecule has 1 unspecified atom stereocenters. The number of aliphatic hydroxyl groups is 1. The van der Waals surface area contributed by atoms with E-state index in [0.29, 0.717) is 10.7 Å². The molecule has 0 aliphatic rings. The molecule has 0 amide bonds. The Bertz CT molecular complexity index is 708. The average molecular weight is 281 g/mol. The Morgan fingerprint density at radius 3 is 3.00 bits per heavy atom. The van der Waals surface area contributed by atoms with E-state index >= 15 is 0 Å². The Morgan fingerprint density at radius 1 is 1.50 bits per heavy atom. The van der Waals surface area contributed by atoms with Crippen LogP contribution in [0.15, 0.2) is 24.5 Å². The van der Waals surface area contributed by atoms with E-state index < -0.39 is 6.10 Å². The number of aromatic nitrogens is 4. The van der Waals surface area contributed by atoms with Crippen molar-refractivity contribution in [1.82, 2.24) is 20.0 Å². The van der Waals surface area contributed by atoms with Gasteiger partial charge in [-0.15, -0.1) is 16.4 Å². The van der Waals surface area contributed by atoms with Gasteiger partial charge in [0.15, 0.2) is 0 Å². The average Bonchev–Trinajstić information content (AvgIpc) is 2.95. The fourth-order valence-corrected chi connectivity index (χ4v) is 2.99. The molecule has 1 atom stereocenters. The smallest absolute Gasteiger partial charge is 0.134 e. The van der Waals surface area contributed by atoms with Crippen LogP contribution in [0, 0.1) is 0 Å². The standard InChI is InChI=1S/C11H9ClN4OS/c1-16-5-8(14-15-16)10(17)9-4-7-11(18-9)6(12)2-3-13-7/h2-5,10,17H,1H3. The summed E-state index contributed by atoms with van der Waals surface area (Å²) in [4.78, 5) is 4.97. The third kappa shape index (κ3) is 1.88. The van der Waals surface area contributed by atoms with Crippen LogP contribution in [0.5, 0.6) is 0 Å². The maximum Gasteiger partial charge on any atom is 0.134 e. The lowest BCUT2D eigenvalue weighted by Crippen LogP contribution is -1.97. The molecule has 92 valence electrons. The van der Waals surface area contributed by atoms with Crippen molar-refractivity contribution in [3.05, 3.63) is 40.1 Å². The molecule has 0 saturated carbocycles. The number of pyridine rings is 1. The molecule has 0 saturated heterocycles. The van der Waals surface area contributed by atoms with E-state index in [1.165, 1.54) is 11.3 Å². The van der Waals surface area contributed by atoms with Crippen molar-refractivity contribution >= 4 is 33.2 Å². The molecule has 5 nitrogen and oxygen atoms in total. The molecule has 0 spiro atoms. The summed E-state index contributed by atoms with van der Waals surface area (Å²) in [6.45, 7) is 0. The summed E-state index contributed by atoms with van der Waals surface area (Å²) in [5.74, 6) is 0. The van der Waals surface area contributed by atoms with Crippen molar-refractivity contribution in [2.45, 2.75) is 6.10 Å². The number of rotatable bonds is 2. The minimum atomic E-state index is -0.797. The van der Waals surface area contributed by atoms with Gasteiger partial charge in [-0.25, -0.2) is 0 Å². The highest BCUT2D eigenvalue weighted by Crippen LogP contribution is 2.34. The molecule has 0 aliphatic carbocycles. The zero-order chi connectivity index (χ0) is 12.7. The molecule has 0 aromatic carbocycles. The lowest BCUT2D eigenvalue weighted by molar-refractivity contribution is 0.219. The van der Waals surface area contributed by atoms with E-state index in [1.54, 1.807) is 30.2 Å². The van der Waals surface area contributed by atoms with Crippen molar-refractivity contribution in [3.8, 4) is 0 Å². The van der Waals surface area contributed by atoms with E-state index in [1.807, 2.05) is 6.07 Å². The zero-order valence-electron chi connectivity index (χ0n) is 9.41. The van der Waals surface area contributed by atoms with Gasteiger partial charge in [-0.05, 0) is 12.1 Å². The van der Waals surface area contributed by atoms with Crippen LogP contribution < -0.4 is 0 Å².